The predicted octanol–water partition coefficient (Wildman–Crippen LogP) is 2.56. The number of hydrogen-bond acceptors (Lipinski definition) is 6. The highest BCUT2D eigenvalue weighted by Crippen LogP contribution is 2.26. The molecule has 0 bridgehead atoms. The summed E-state index contributed by atoms with van der Waals surface area (Å²) in [5.41, 5.74) is 0.794. The van der Waals surface area contributed by atoms with Crippen molar-refractivity contribution in [2.24, 2.45) is 0 Å². The van der Waals surface area contributed by atoms with E-state index in [-0.39, 0.29) is 17.9 Å². The SMILES string of the molecule is N#Cc1cc([N+](=O)[O-])ccc1N1CCN(CCCOCC(F)(F)F)CC1. The molecule has 1 aromatic carbocycles. The second-order valence-electron chi connectivity index (χ2n) is 5.92. The number of nitro groups is 1. The summed E-state index contributed by atoms with van der Waals surface area (Å²) < 4.78 is 40.5. The number of anilines is 1. The third-order valence-corrected chi connectivity index (χ3v) is 4.05. The number of alkyl halides is 3. The number of nitrogens with zero attached hydrogens (tertiary/aromatic N) is 4. The molecule has 0 radical (unpaired) electrons. The van der Waals surface area contributed by atoms with Gasteiger partial charge in [-0.05, 0) is 12.5 Å². The van der Waals surface area contributed by atoms with Crippen LogP contribution in [0.2, 0.25) is 0 Å². The zero-order chi connectivity index (χ0) is 19.2. The second-order valence-corrected chi connectivity index (χ2v) is 5.92. The van der Waals surface area contributed by atoms with Crippen molar-refractivity contribution in [3.05, 3.63) is 33.9 Å². The fourth-order valence-corrected chi connectivity index (χ4v) is 2.79. The lowest BCUT2D eigenvalue weighted by Gasteiger charge is -2.36. The molecule has 7 nitrogen and oxygen atoms in total. The van der Waals surface area contributed by atoms with Crippen molar-refractivity contribution < 1.29 is 22.8 Å². The Balaban J connectivity index is 1.80. The van der Waals surface area contributed by atoms with Crippen LogP contribution in [0.1, 0.15) is 12.0 Å². The number of halogens is 3. The van der Waals surface area contributed by atoms with Gasteiger partial charge in [0.1, 0.15) is 12.7 Å². The molecule has 0 atom stereocenters. The molecule has 1 aliphatic rings. The lowest BCUT2D eigenvalue weighted by Crippen LogP contribution is -2.47. The fraction of sp³-hybridized carbons (Fsp3) is 0.562. The Morgan fingerprint density at radius 3 is 2.54 bits per heavy atom. The van der Waals surface area contributed by atoms with Gasteiger partial charge >= 0.3 is 6.18 Å². The number of non-ortho nitro benzene ring substituents is 1. The van der Waals surface area contributed by atoms with E-state index in [2.05, 4.69) is 9.64 Å². The van der Waals surface area contributed by atoms with Crippen LogP contribution in [0.15, 0.2) is 18.2 Å². The van der Waals surface area contributed by atoms with Gasteiger partial charge in [-0.15, -0.1) is 0 Å². The smallest absolute Gasteiger partial charge is 0.372 e. The molecular weight excluding hydrogens is 353 g/mol. The molecule has 1 fully saturated rings. The van der Waals surface area contributed by atoms with E-state index in [1.807, 2.05) is 11.0 Å². The highest BCUT2D eigenvalue weighted by Gasteiger charge is 2.27. The topological polar surface area (TPSA) is 82.6 Å². The molecule has 0 aliphatic carbocycles. The fourth-order valence-electron chi connectivity index (χ4n) is 2.79. The van der Waals surface area contributed by atoms with Crippen molar-refractivity contribution in [1.29, 1.82) is 5.26 Å². The van der Waals surface area contributed by atoms with Gasteiger partial charge in [-0.3, -0.25) is 15.0 Å². The zero-order valence-electron chi connectivity index (χ0n) is 14.0. The van der Waals surface area contributed by atoms with Crippen LogP contribution in [0.3, 0.4) is 0 Å². The standard InChI is InChI=1S/C16H19F3N4O3/c17-16(18,19)12-26-9-1-4-21-5-7-22(8-6-21)15-3-2-14(23(24)25)10-13(15)11-20/h2-3,10H,1,4-9,12H2. The predicted molar refractivity (Wildman–Crippen MR) is 88.0 cm³/mol. The molecule has 0 N–H and O–H groups in total. The summed E-state index contributed by atoms with van der Waals surface area (Å²) in [6.07, 6.45) is -3.79. The highest BCUT2D eigenvalue weighted by molar-refractivity contribution is 5.63. The van der Waals surface area contributed by atoms with Crippen LogP contribution in [-0.4, -0.2) is 61.9 Å². The first-order valence-corrected chi connectivity index (χ1v) is 8.10. The molecule has 0 saturated carbocycles. The molecule has 0 spiro atoms. The number of nitriles is 1. The maximum absolute atomic E-state index is 12.0. The molecule has 0 amide bonds. The second kappa shape index (κ2) is 8.82. The van der Waals surface area contributed by atoms with Gasteiger partial charge in [0.05, 0.1) is 16.2 Å². The van der Waals surface area contributed by atoms with Gasteiger partial charge in [0.2, 0.25) is 0 Å². The molecule has 1 aliphatic heterocycles. The quantitative estimate of drug-likeness (QED) is 0.416. The average Bonchev–Trinajstić information content (AvgIpc) is 2.60. The van der Waals surface area contributed by atoms with E-state index >= 15 is 0 Å². The van der Waals surface area contributed by atoms with E-state index in [0.29, 0.717) is 44.8 Å². The third-order valence-electron chi connectivity index (χ3n) is 4.05. The Bertz CT molecular complexity index is 668. The summed E-state index contributed by atoms with van der Waals surface area (Å²) in [6, 6.07) is 6.21. The number of ether oxygens (including phenoxy) is 1. The van der Waals surface area contributed by atoms with E-state index in [1.165, 1.54) is 12.1 Å². The van der Waals surface area contributed by atoms with E-state index in [4.69, 9.17) is 0 Å². The van der Waals surface area contributed by atoms with E-state index in [1.54, 1.807) is 6.07 Å². The number of benzene rings is 1. The van der Waals surface area contributed by atoms with Crippen LogP contribution < -0.4 is 4.90 Å². The molecular formula is C16H19F3N4O3. The average molecular weight is 372 g/mol. The third kappa shape index (κ3) is 5.86. The van der Waals surface area contributed by atoms with Crippen molar-refractivity contribution in [2.45, 2.75) is 12.6 Å². The molecule has 1 saturated heterocycles. The molecule has 0 aromatic heterocycles. The monoisotopic (exact) mass is 372 g/mol. The van der Waals surface area contributed by atoms with Crippen molar-refractivity contribution >= 4 is 11.4 Å². The minimum absolute atomic E-state index is 0.0562. The maximum atomic E-state index is 12.0. The van der Waals surface area contributed by atoms with Gasteiger partial charge < -0.3 is 9.64 Å². The Morgan fingerprint density at radius 1 is 1.27 bits per heavy atom. The Kier molecular flexibility index (Phi) is 6.76. The Labute approximate surface area is 148 Å². The van der Waals surface area contributed by atoms with Crippen molar-refractivity contribution in [2.75, 3.05) is 50.8 Å². The van der Waals surface area contributed by atoms with E-state index in [9.17, 15) is 28.5 Å². The van der Waals surface area contributed by atoms with Crippen molar-refractivity contribution in [3.63, 3.8) is 0 Å². The number of nitro benzene ring substituents is 1. The normalized spacial score (nSPS) is 15.7. The summed E-state index contributed by atoms with van der Waals surface area (Å²) in [4.78, 5) is 14.4. The van der Waals surface area contributed by atoms with Gasteiger partial charge in [-0.1, -0.05) is 0 Å². The van der Waals surface area contributed by atoms with Crippen LogP contribution in [-0.2, 0) is 4.74 Å². The largest absolute Gasteiger partial charge is 0.411 e. The highest BCUT2D eigenvalue weighted by atomic mass is 19.4. The molecule has 2 rings (SSSR count). The molecule has 26 heavy (non-hydrogen) atoms. The summed E-state index contributed by atoms with van der Waals surface area (Å²) in [6.45, 7) is 2.13. The first kappa shape index (κ1) is 19.9. The summed E-state index contributed by atoms with van der Waals surface area (Å²) in [5, 5.41) is 20.0. The Hall–Kier alpha value is -2.38. The summed E-state index contributed by atoms with van der Waals surface area (Å²) in [5.74, 6) is 0. The van der Waals surface area contributed by atoms with Crippen LogP contribution in [0.25, 0.3) is 0 Å². The maximum Gasteiger partial charge on any atom is 0.411 e. The number of piperazine rings is 1. The first-order valence-electron chi connectivity index (χ1n) is 8.10. The lowest BCUT2D eigenvalue weighted by molar-refractivity contribution is -0.384. The minimum atomic E-state index is -4.30. The van der Waals surface area contributed by atoms with Crippen LogP contribution in [0.4, 0.5) is 24.5 Å². The summed E-state index contributed by atoms with van der Waals surface area (Å²) >= 11 is 0. The van der Waals surface area contributed by atoms with Gasteiger partial charge in [0.25, 0.3) is 5.69 Å². The van der Waals surface area contributed by atoms with E-state index < -0.39 is 17.7 Å². The van der Waals surface area contributed by atoms with Gasteiger partial charge in [0.15, 0.2) is 0 Å². The molecule has 10 heteroatoms. The lowest BCUT2D eigenvalue weighted by atomic mass is 10.1. The van der Waals surface area contributed by atoms with Gasteiger partial charge in [0, 0.05) is 51.5 Å². The van der Waals surface area contributed by atoms with Crippen molar-refractivity contribution in [1.82, 2.24) is 4.90 Å². The number of hydrogen-bond donors (Lipinski definition) is 0. The first-order chi connectivity index (χ1) is 12.3. The van der Waals surface area contributed by atoms with Crippen LogP contribution in [0.5, 0.6) is 0 Å². The Morgan fingerprint density at radius 2 is 1.96 bits per heavy atom. The molecule has 142 valence electrons. The van der Waals surface area contributed by atoms with Gasteiger partial charge in [-0.2, -0.15) is 18.4 Å². The number of rotatable bonds is 7. The molecule has 1 aromatic rings. The minimum Gasteiger partial charge on any atom is -0.372 e. The molecule has 0 unspecified atom stereocenters. The van der Waals surface area contributed by atoms with E-state index in [0.717, 1.165) is 0 Å². The molecule has 1 heterocycles. The van der Waals surface area contributed by atoms with Crippen molar-refractivity contribution in [3.8, 4) is 6.07 Å². The summed E-state index contributed by atoms with van der Waals surface area (Å²) in [7, 11) is 0. The zero-order valence-corrected chi connectivity index (χ0v) is 14.0. The van der Waals surface area contributed by atoms with Crippen LogP contribution in [0, 0.1) is 21.4 Å². The van der Waals surface area contributed by atoms with Gasteiger partial charge in [-0.25, -0.2) is 0 Å². The van der Waals surface area contributed by atoms with Crippen LogP contribution >= 0.6 is 0 Å².